The topological polar surface area (TPSA) is 54.2 Å². The van der Waals surface area contributed by atoms with E-state index in [1.165, 1.54) is 0 Å². The van der Waals surface area contributed by atoms with Crippen molar-refractivity contribution >= 4 is 11.4 Å². The molecule has 0 aromatic heterocycles. The van der Waals surface area contributed by atoms with Crippen molar-refractivity contribution in [1.29, 1.82) is 5.39 Å². The Hall–Kier alpha value is -0.647. The SMILES string of the molecule is N#[N+]c1ccccc1N.[CH3-].[CH3-].[Cl-].[Zn+2]. The standard InChI is InChI=1S/C6H6N3.2CH3.ClH.Zn/c7-5-3-1-2-4-6(5)9-8;;;;/h1-4H,7H2;2*1H3;1H;/q+1;2*-1;;+2/p-1. The molecule has 0 aliphatic rings. The summed E-state index contributed by atoms with van der Waals surface area (Å²) in [5, 5.41) is 8.26. The molecule has 0 saturated carbocycles. The third kappa shape index (κ3) is 6.51. The second kappa shape index (κ2) is 11.4. The van der Waals surface area contributed by atoms with E-state index in [9.17, 15) is 0 Å². The number of rotatable bonds is 0. The Bertz CT molecular complexity index is 260. The van der Waals surface area contributed by atoms with Gasteiger partial charge in [-0.3, -0.25) is 0 Å². The molecule has 0 unspecified atom stereocenters. The van der Waals surface area contributed by atoms with Gasteiger partial charge in [0.2, 0.25) is 5.39 Å². The predicted octanol–water partition coefficient (Wildman–Crippen LogP) is -0.345. The molecule has 3 nitrogen and oxygen atoms in total. The van der Waals surface area contributed by atoms with Crippen molar-refractivity contribution in [2.24, 2.45) is 0 Å². The number of diazo groups is 1. The minimum absolute atomic E-state index is 0. The van der Waals surface area contributed by atoms with Crippen LogP contribution in [0.25, 0.3) is 4.98 Å². The summed E-state index contributed by atoms with van der Waals surface area (Å²) in [5.74, 6) is 0. The van der Waals surface area contributed by atoms with Crippen molar-refractivity contribution in [2.45, 2.75) is 0 Å². The van der Waals surface area contributed by atoms with Crippen molar-refractivity contribution in [3.63, 3.8) is 0 Å². The largest absolute Gasteiger partial charge is 2.00 e. The Morgan fingerprint density at radius 3 is 1.92 bits per heavy atom. The van der Waals surface area contributed by atoms with Crippen LogP contribution in [-0.4, -0.2) is 0 Å². The van der Waals surface area contributed by atoms with E-state index in [2.05, 4.69) is 4.98 Å². The summed E-state index contributed by atoms with van der Waals surface area (Å²) in [4.78, 5) is 2.95. The van der Waals surface area contributed by atoms with Gasteiger partial charge in [0.1, 0.15) is 5.69 Å². The van der Waals surface area contributed by atoms with E-state index in [-0.39, 0.29) is 46.7 Å². The summed E-state index contributed by atoms with van der Waals surface area (Å²) >= 11 is 0. The third-order valence-electron chi connectivity index (χ3n) is 1.04. The molecular formula is C8H12ClN3Zn. The normalized spacial score (nSPS) is 5.77. The van der Waals surface area contributed by atoms with Crippen LogP contribution in [0.3, 0.4) is 0 Å². The molecule has 0 aliphatic heterocycles. The van der Waals surface area contributed by atoms with Crippen LogP contribution in [-0.2, 0) is 19.5 Å². The number of nitrogens with zero attached hydrogens (tertiary/aromatic N) is 2. The van der Waals surface area contributed by atoms with E-state index in [0.717, 1.165) is 0 Å². The van der Waals surface area contributed by atoms with Crippen molar-refractivity contribution in [1.82, 2.24) is 0 Å². The molecule has 0 aliphatic carbocycles. The molecule has 0 saturated heterocycles. The monoisotopic (exact) mass is 249 g/mol. The Morgan fingerprint density at radius 1 is 1.15 bits per heavy atom. The van der Waals surface area contributed by atoms with Gasteiger partial charge < -0.3 is 33.0 Å². The molecule has 0 bridgehead atoms. The van der Waals surface area contributed by atoms with Gasteiger partial charge in [-0.1, -0.05) is 12.1 Å². The van der Waals surface area contributed by atoms with Crippen molar-refractivity contribution in [3.8, 4) is 0 Å². The second-order valence-electron chi connectivity index (χ2n) is 1.66. The first-order chi connectivity index (χ1) is 4.34. The number of hydrogen-bond donors (Lipinski definition) is 1. The van der Waals surface area contributed by atoms with E-state index in [1.54, 1.807) is 24.3 Å². The minimum Gasteiger partial charge on any atom is -1.00 e. The molecule has 1 rings (SSSR count). The zero-order valence-electron chi connectivity index (χ0n) is 7.87. The van der Waals surface area contributed by atoms with Crippen LogP contribution in [0.2, 0.25) is 0 Å². The smallest absolute Gasteiger partial charge is 1.00 e. The number of anilines is 1. The first-order valence-electron chi connectivity index (χ1n) is 2.54. The molecule has 1 aromatic rings. The van der Waals surface area contributed by atoms with Gasteiger partial charge in [0, 0.05) is 6.07 Å². The van der Waals surface area contributed by atoms with Gasteiger partial charge in [-0.15, -0.1) is 0 Å². The Balaban J connectivity index is -0.000000101. The number of benzene rings is 1. The molecule has 68 valence electrons. The maximum atomic E-state index is 8.26. The van der Waals surface area contributed by atoms with Gasteiger partial charge in [-0.05, 0) is 6.07 Å². The Kier molecular flexibility index (Phi) is 19.9. The van der Waals surface area contributed by atoms with Crippen molar-refractivity contribution in [2.75, 3.05) is 5.73 Å². The number of halogens is 1. The molecule has 0 radical (unpaired) electrons. The van der Waals surface area contributed by atoms with Crippen LogP contribution < -0.4 is 18.1 Å². The average Bonchev–Trinajstić information content (AvgIpc) is 1.89. The zero-order chi connectivity index (χ0) is 6.69. The van der Waals surface area contributed by atoms with E-state index in [0.29, 0.717) is 11.4 Å². The van der Waals surface area contributed by atoms with Crippen molar-refractivity contribution in [3.05, 3.63) is 44.1 Å². The molecule has 0 atom stereocenters. The van der Waals surface area contributed by atoms with Gasteiger partial charge in [0.15, 0.2) is 4.98 Å². The van der Waals surface area contributed by atoms with Crippen LogP contribution in [0, 0.1) is 20.2 Å². The predicted molar refractivity (Wildman–Crippen MR) is 48.4 cm³/mol. The summed E-state index contributed by atoms with van der Waals surface area (Å²) < 4.78 is 0. The molecule has 2 N–H and O–H groups in total. The van der Waals surface area contributed by atoms with Crippen LogP contribution in [0.15, 0.2) is 24.3 Å². The summed E-state index contributed by atoms with van der Waals surface area (Å²) in [6.45, 7) is 0. The maximum Gasteiger partial charge on any atom is 2.00 e. The number of hydrogen-bond acceptors (Lipinski definition) is 2. The Labute approximate surface area is 98.5 Å². The summed E-state index contributed by atoms with van der Waals surface area (Å²) in [6, 6.07) is 6.85. The fourth-order valence-electron chi connectivity index (χ4n) is 0.579. The number of nitrogen functional groups attached to an aromatic ring is 1. The van der Waals surface area contributed by atoms with Crippen LogP contribution in [0.4, 0.5) is 11.4 Å². The van der Waals surface area contributed by atoms with E-state index in [4.69, 9.17) is 11.1 Å². The number of para-hydroxylation sites is 1. The zero-order valence-corrected chi connectivity index (χ0v) is 11.6. The fourth-order valence-corrected chi connectivity index (χ4v) is 0.579. The van der Waals surface area contributed by atoms with Gasteiger partial charge in [0.25, 0.3) is 0 Å². The quantitative estimate of drug-likeness (QED) is 0.297. The molecule has 0 spiro atoms. The molecule has 1 aromatic carbocycles. The number of nitrogens with two attached hydrogens (primary N) is 1. The average molecular weight is 251 g/mol. The molecule has 13 heavy (non-hydrogen) atoms. The van der Waals surface area contributed by atoms with Gasteiger partial charge in [0.05, 0.1) is 0 Å². The Morgan fingerprint density at radius 2 is 1.62 bits per heavy atom. The van der Waals surface area contributed by atoms with Gasteiger partial charge in [-0.2, -0.15) is 0 Å². The summed E-state index contributed by atoms with van der Waals surface area (Å²) in [5.41, 5.74) is 6.28. The molecule has 5 heteroatoms. The van der Waals surface area contributed by atoms with Gasteiger partial charge in [-0.25, -0.2) is 0 Å². The maximum absolute atomic E-state index is 8.26. The van der Waals surface area contributed by atoms with E-state index in [1.807, 2.05) is 0 Å². The minimum atomic E-state index is 0. The fraction of sp³-hybridized carbons (Fsp3) is 0. The first kappa shape index (κ1) is 22.8. The van der Waals surface area contributed by atoms with E-state index < -0.39 is 0 Å². The molecular weight excluding hydrogens is 239 g/mol. The summed E-state index contributed by atoms with van der Waals surface area (Å²) in [7, 11) is 0. The summed E-state index contributed by atoms with van der Waals surface area (Å²) in [6.07, 6.45) is 0. The van der Waals surface area contributed by atoms with E-state index >= 15 is 0 Å². The van der Waals surface area contributed by atoms with Crippen LogP contribution in [0.1, 0.15) is 0 Å². The molecule has 0 heterocycles. The molecule has 0 fully saturated rings. The van der Waals surface area contributed by atoms with Crippen molar-refractivity contribution < 1.29 is 31.9 Å². The molecule has 0 amide bonds. The van der Waals surface area contributed by atoms with Gasteiger partial charge >= 0.3 is 25.2 Å². The third-order valence-corrected chi connectivity index (χ3v) is 1.04. The van der Waals surface area contributed by atoms with Crippen LogP contribution in [0.5, 0.6) is 0 Å². The van der Waals surface area contributed by atoms with Crippen LogP contribution >= 0.6 is 0 Å². The second-order valence-corrected chi connectivity index (χ2v) is 1.66. The first-order valence-corrected chi connectivity index (χ1v) is 2.54.